The minimum absolute atomic E-state index is 0.356. The number of carbonyl (C=O) groups is 2. The van der Waals surface area contributed by atoms with Gasteiger partial charge in [0.25, 0.3) is 5.91 Å². The van der Waals surface area contributed by atoms with Crippen LogP contribution in [0.5, 0.6) is 0 Å². The van der Waals surface area contributed by atoms with Gasteiger partial charge in [-0.2, -0.15) is 0 Å². The second-order valence-corrected chi connectivity index (χ2v) is 6.26. The number of primary amides is 2. The molecule has 7 N–H and O–H groups in total. The molecule has 1 aromatic carbocycles. The number of benzene rings is 1. The molecule has 0 saturated carbocycles. The molecule has 0 fully saturated rings. The first-order chi connectivity index (χ1) is 10.5. The van der Waals surface area contributed by atoms with Crippen molar-refractivity contribution >= 4 is 34.0 Å². The van der Waals surface area contributed by atoms with Crippen molar-refractivity contribution in [2.45, 2.75) is 19.3 Å². The zero-order valence-electron chi connectivity index (χ0n) is 11.8. The Morgan fingerprint density at radius 3 is 2.64 bits per heavy atom. The van der Waals surface area contributed by atoms with Gasteiger partial charge in [-0.25, -0.2) is 4.79 Å². The second-order valence-electron chi connectivity index (χ2n) is 5.24. The van der Waals surface area contributed by atoms with Crippen molar-refractivity contribution in [2.24, 2.45) is 11.5 Å². The van der Waals surface area contributed by atoms with Crippen LogP contribution >= 0.6 is 11.3 Å². The highest BCUT2D eigenvalue weighted by Gasteiger charge is 2.26. The van der Waals surface area contributed by atoms with Gasteiger partial charge in [-0.3, -0.25) is 10.1 Å². The molecule has 114 valence electrons. The maximum atomic E-state index is 11.8. The van der Waals surface area contributed by atoms with E-state index in [4.69, 9.17) is 17.2 Å². The zero-order chi connectivity index (χ0) is 15.9. The van der Waals surface area contributed by atoms with Gasteiger partial charge in [-0.1, -0.05) is 6.07 Å². The number of thiophene rings is 1. The second kappa shape index (κ2) is 5.34. The number of hydrogen-bond donors (Lipinski definition) is 4. The number of urea groups is 1. The van der Waals surface area contributed by atoms with Crippen LogP contribution in [0.4, 0.5) is 15.5 Å². The maximum Gasteiger partial charge on any atom is 0.317 e. The van der Waals surface area contributed by atoms with Crippen molar-refractivity contribution < 1.29 is 9.59 Å². The van der Waals surface area contributed by atoms with Crippen LogP contribution in [0, 0.1) is 0 Å². The molecule has 1 aromatic heterocycles. The van der Waals surface area contributed by atoms with Crippen molar-refractivity contribution in [1.82, 2.24) is 0 Å². The number of nitrogens with one attached hydrogen (secondary N) is 1. The van der Waals surface area contributed by atoms with Crippen LogP contribution in [-0.2, 0) is 12.8 Å². The van der Waals surface area contributed by atoms with Crippen LogP contribution in [0.1, 0.15) is 27.9 Å². The predicted molar refractivity (Wildman–Crippen MR) is 87.9 cm³/mol. The molecule has 0 spiro atoms. The summed E-state index contributed by atoms with van der Waals surface area (Å²) in [5.74, 6) is -0.561. The lowest BCUT2D eigenvalue weighted by molar-refractivity contribution is 0.100. The summed E-state index contributed by atoms with van der Waals surface area (Å²) in [6, 6.07) is 5.06. The Morgan fingerprint density at radius 1 is 1.18 bits per heavy atom. The minimum atomic E-state index is -0.716. The molecule has 1 aliphatic carbocycles. The molecule has 0 atom stereocenters. The lowest BCUT2D eigenvalue weighted by Crippen LogP contribution is -2.22. The standard InChI is InChI=1S/C15H16N4O2S/c16-8-5-4-7-2-1-3-9-11(13(17)20)14(19-15(18)21)22-12(9)10(7)6-8/h4-6H,1-3,16H2,(H2,17,20)(H3,18,19,21). The smallest absolute Gasteiger partial charge is 0.317 e. The number of fused-ring (bicyclic) bond motifs is 3. The van der Waals surface area contributed by atoms with Gasteiger partial charge in [0.2, 0.25) is 0 Å². The lowest BCUT2D eigenvalue weighted by Gasteiger charge is -2.06. The van der Waals surface area contributed by atoms with Gasteiger partial charge >= 0.3 is 6.03 Å². The fourth-order valence-electron chi connectivity index (χ4n) is 2.86. The van der Waals surface area contributed by atoms with Gasteiger partial charge in [0.1, 0.15) is 5.00 Å². The molecule has 0 radical (unpaired) electrons. The van der Waals surface area contributed by atoms with Crippen molar-refractivity contribution in [1.29, 1.82) is 0 Å². The van der Waals surface area contributed by atoms with E-state index in [1.165, 1.54) is 16.9 Å². The van der Waals surface area contributed by atoms with Crippen molar-refractivity contribution in [2.75, 3.05) is 11.1 Å². The number of nitrogen functional groups attached to an aromatic ring is 1. The van der Waals surface area contributed by atoms with Crippen molar-refractivity contribution in [3.63, 3.8) is 0 Å². The van der Waals surface area contributed by atoms with E-state index < -0.39 is 11.9 Å². The molecular weight excluding hydrogens is 300 g/mol. The Morgan fingerprint density at radius 2 is 1.95 bits per heavy atom. The van der Waals surface area contributed by atoms with Crippen LogP contribution in [-0.4, -0.2) is 11.9 Å². The third-order valence-electron chi connectivity index (χ3n) is 3.74. The molecule has 0 saturated heterocycles. The Balaban J connectivity index is 2.25. The summed E-state index contributed by atoms with van der Waals surface area (Å²) >= 11 is 1.31. The molecule has 2 aromatic rings. The number of rotatable bonds is 2. The van der Waals surface area contributed by atoms with E-state index in [2.05, 4.69) is 5.32 Å². The number of anilines is 2. The average molecular weight is 316 g/mol. The molecule has 1 aliphatic rings. The van der Waals surface area contributed by atoms with Crippen LogP contribution in [0.2, 0.25) is 0 Å². The SMILES string of the molecule is NC(=O)Nc1sc2c(c1C(N)=O)CCCc1ccc(N)cc1-2. The topological polar surface area (TPSA) is 124 Å². The van der Waals surface area contributed by atoms with Gasteiger partial charge in [-0.05, 0) is 48.1 Å². The van der Waals surface area contributed by atoms with Gasteiger partial charge < -0.3 is 17.2 Å². The van der Waals surface area contributed by atoms with Crippen molar-refractivity contribution in [3.8, 4) is 10.4 Å². The molecule has 0 aliphatic heterocycles. The third kappa shape index (κ3) is 2.39. The maximum absolute atomic E-state index is 11.8. The summed E-state index contributed by atoms with van der Waals surface area (Å²) in [5.41, 5.74) is 20.6. The fourth-order valence-corrected chi connectivity index (χ4v) is 4.17. The molecule has 1 heterocycles. The fraction of sp³-hybridized carbons (Fsp3) is 0.200. The van der Waals surface area contributed by atoms with Gasteiger partial charge in [0.15, 0.2) is 0 Å². The lowest BCUT2D eigenvalue weighted by atomic mass is 10.0. The molecule has 3 rings (SSSR count). The summed E-state index contributed by atoms with van der Waals surface area (Å²) in [6.45, 7) is 0. The number of hydrogen-bond acceptors (Lipinski definition) is 4. The highest BCUT2D eigenvalue weighted by atomic mass is 32.1. The summed E-state index contributed by atoms with van der Waals surface area (Å²) in [6.07, 6.45) is 2.53. The normalized spacial score (nSPS) is 12.9. The van der Waals surface area contributed by atoms with Crippen LogP contribution < -0.4 is 22.5 Å². The van der Waals surface area contributed by atoms with Crippen LogP contribution in [0.15, 0.2) is 18.2 Å². The third-order valence-corrected chi connectivity index (χ3v) is 4.92. The number of carbonyl (C=O) groups excluding carboxylic acids is 2. The van der Waals surface area contributed by atoms with Gasteiger partial charge in [0.05, 0.1) is 5.56 Å². The average Bonchev–Trinajstić information content (AvgIpc) is 2.69. The van der Waals surface area contributed by atoms with Crippen molar-refractivity contribution in [3.05, 3.63) is 34.9 Å². The Bertz CT molecular complexity index is 782. The van der Waals surface area contributed by atoms with E-state index in [1.807, 2.05) is 18.2 Å². The summed E-state index contributed by atoms with van der Waals surface area (Å²) in [5, 5.41) is 2.91. The van der Waals surface area contributed by atoms with Crippen LogP contribution in [0.3, 0.4) is 0 Å². The first kappa shape index (κ1) is 14.4. The molecule has 6 nitrogen and oxygen atoms in total. The predicted octanol–water partition coefficient (Wildman–Crippen LogP) is 2.08. The van der Waals surface area contributed by atoms with E-state index in [1.54, 1.807) is 0 Å². The van der Waals surface area contributed by atoms with Crippen LogP contribution in [0.25, 0.3) is 10.4 Å². The Hall–Kier alpha value is -2.54. The molecule has 3 amide bonds. The van der Waals surface area contributed by atoms with E-state index in [0.29, 0.717) is 16.3 Å². The molecule has 7 heteroatoms. The van der Waals surface area contributed by atoms with Gasteiger partial charge in [-0.15, -0.1) is 11.3 Å². The number of aryl methyl sites for hydroxylation is 1. The largest absolute Gasteiger partial charge is 0.399 e. The zero-order valence-corrected chi connectivity index (χ0v) is 12.6. The first-order valence-electron chi connectivity index (χ1n) is 6.88. The monoisotopic (exact) mass is 316 g/mol. The molecule has 0 unspecified atom stereocenters. The summed E-state index contributed by atoms with van der Waals surface area (Å²) in [7, 11) is 0. The first-order valence-corrected chi connectivity index (χ1v) is 7.69. The highest BCUT2D eigenvalue weighted by molar-refractivity contribution is 7.20. The van der Waals surface area contributed by atoms with E-state index >= 15 is 0 Å². The molecule has 22 heavy (non-hydrogen) atoms. The van der Waals surface area contributed by atoms with Gasteiger partial charge in [0, 0.05) is 10.6 Å². The number of nitrogens with two attached hydrogens (primary N) is 3. The Kier molecular flexibility index (Phi) is 3.50. The number of amides is 3. The molecule has 0 bridgehead atoms. The highest BCUT2D eigenvalue weighted by Crippen LogP contribution is 2.44. The van der Waals surface area contributed by atoms with E-state index in [-0.39, 0.29) is 0 Å². The minimum Gasteiger partial charge on any atom is -0.399 e. The van der Waals surface area contributed by atoms with E-state index in [9.17, 15) is 9.59 Å². The summed E-state index contributed by atoms with van der Waals surface area (Å²) in [4.78, 5) is 23.9. The summed E-state index contributed by atoms with van der Waals surface area (Å²) < 4.78 is 0. The Labute approximate surface area is 131 Å². The molecular formula is C15H16N4O2S. The quantitative estimate of drug-likeness (QED) is 0.634. The van der Waals surface area contributed by atoms with E-state index in [0.717, 1.165) is 35.3 Å².